The Kier molecular flexibility index (Phi) is 6.75. The van der Waals surface area contributed by atoms with Crippen LogP contribution in [0.25, 0.3) is 0 Å². The molecule has 0 saturated heterocycles. The van der Waals surface area contributed by atoms with Crippen LogP contribution in [0.1, 0.15) is 32.6 Å². The molecule has 5 nitrogen and oxygen atoms in total. The number of ether oxygens (including phenoxy) is 1. The van der Waals surface area contributed by atoms with Crippen molar-refractivity contribution in [1.29, 1.82) is 0 Å². The first-order valence-corrected chi connectivity index (χ1v) is 10.8. The van der Waals surface area contributed by atoms with Crippen LogP contribution in [0.5, 0.6) is 5.75 Å². The Balaban J connectivity index is 1.39. The number of rotatable bonds is 7. The molecule has 0 saturated carbocycles. The van der Waals surface area contributed by atoms with E-state index in [0.717, 1.165) is 22.4 Å². The third-order valence-electron chi connectivity index (χ3n) is 5.25. The molecule has 0 fully saturated rings. The van der Waals surface area contributed by atoms with Crippen LogP contribution in [-0.4, -0.2) is 15.7 Å². The zero-order chi connectivity index (χ0) is 23.4. The number of hydrogen-bond acceptors (Lipinski definition) is 3. The monoisotopic (exact) mass is 463 g/mol. The number of nitrogens with one attached hydrogen (secondary N) is 1. The predicted octanol–water partition coefficient (Wildman–Crippen LogP) is 6.17. The molecule has 33 heavy (non-hydrogen) atoms. The minimum absolute atomic E-state index is 0.206. The first-order valence-electron chi connectivity index (χ1n) is 10.5. The van der Waals surface area contributed by atoms with Gasteiger partial charge in [-0.05, 0) is 48.7 Å². The molecular formula is C26H23ClFN3O2. The molecule has 0 atom stereocenters. The van der Waals surface area contributed by atoms with Crippen LogP contribution in [0.3, 0.4) is 0 Å². The summed E-state index contributed by atoms with van der Waals surface area (Å²) in [5.74, 6) is 0.437. The molecule has 0 radical (unpaired) electrons. The first kappa shape index (κ1) is 22.6. The Morgan fingerprint density at radius 1 is 1.03 bits per heavy atom. The molecule has 1 heterocycles. The van der Waals surface area contributed by atoms with Gasteiger partial charge in [-0.25, -0.2) is 4.39 Å². The molecule has 0 spiro atoms. The predicted molar refractivity (Wildman–Crippen MR) is 127 cm³/mol. The Morgan fingerprint density at radius 3 is 2.42 bits per heavy atom. The van der Waals surface area contributed by atoms with Gasteiger partial charge in [-0.15, -0.1) is 0 Å². The summed E-state index contributed by atoms with van der Waals surface area (Å²) >= 11 is 6.22. The maximum absolute atomic E-state index is 13.9. The van der Waals surface area contributed by atoms with Gasteiger partial charge in [0.15, 0.2) is 5.82 Å². The number of nitrogens with zero attached hydrogens (tertiary/aromatic N) is 2. The van der Waals surface area contributed by atoms with Gasteiger partial charge in [0.1, 0.15) is 23.2 Å². The molecule has 0 aliphatic carbocycles. The molecular weight excluding hydrogens is 441 g/mol. The molecule has 4 rings (SSSR count). The molecule has 4 aromatic rings. The summed E-state index contributed by atoms with van der Waals surface area (Å²) < 4.78 is 21.3. The quantitative estimate of drug-likeness (QED) is 0.356. The minimum atomic E-state index is -0.338. The van der Waals surface area contributed by atoms with Crippen molar-refractivity contribution in [3.8, 4) is 5.75 Å². The summed E-state index contributed by atoms with van der Waals surface area (Å²) in [6.45, 7) is 4.63. The minimum Gasteiger partial charge on any atom is -0.488 e. The largest absolute Gasteiger partial charge is 0.488 e. The molecule has 0 bridgehead atoms. The van der Waals surface area contributed by atoms with Crippen molar-refractivity contribution >= 4 is 23.3 Å². The highest BCUT2D eigenvalue weighted by Gasteiger charge is 2.14. The van der Waals surface area contributed by atoms with Crippen LogP contribution in [0.2, 0.25) is 5.02 Å². The van der Waals surface area contributed by atoms with Crippen molar-refractivity contribution in [2.24, 2.45) is 0 Å². The lowest BCUT2D eigenvalue weighted by atomic mass is 10.1. The molecule has 0 aliphatic rings. The summed E-state index contributed by atoms with van der Waals surface area (Å²) in [4.78, 5) is 12.7. The topological polar surface area (TPSA) is 56.1 Å². The molecule has 168 valence electrons. The van der Waals surface area contributed by atoms with E-state index in [-0.39, 0.29) is 29.1 Å². The lowest BCUT2D eigenvalue weighted by molar-refractivity contribution is 0.102. The highest BCUT2D eigenvalue weighted by molar-refractivity contribution is 6.33. The van der Waals surface area contributed by atoms with E-state index >= 15 is 0 Å². The smallest absolute Gasteiger partial charge is 0.256 e. The Bertz CT molecular complexity index is 1260. The third kappa shape index (κ3) is 5.41. The molecule has 0 aliphatic heterocycles. The van der Waals surface area contributed by atoms with Crippen LogP contribution in [0.4, 0.5) is 10.2 Å². The number of halogens is 2. The Morgan fingerprint density at radius 2 is 1.73 bits per heavy atom. The molecule has 7 heteroatoms. The van der Waals surface area contributed by atoms with E-state index in [4.69, 9.17) is 16.3 Å². The second kappa shape index (κ2) is 9.88. The van der Waals surface area contributed by atoms with Gasteiger partial charge in [0.05, 0.1) is 6.54 Å². The summed E-state index contributed by atoms with van der Waals surface area (Å²) in [5, 5.41) is 7.26. The number of carbonyl (C=O) groups is 1. The number of carbonyl (C=O) groups excluding carboxylic acids is 1. The van der Waals surface area contributed by atoms with Crippen LogP contribution in [0, 0.1) is 19.7 Å². The normalized spacial score (nSPS) is 10.8. The third-order valence-corrected chi connectivity index (χ3v) is 5.52. The fourth-order valence-electron chi connectivity index (χ4n) is 3.48. The van der Waals surface area contributed by atoms with E-state index in [1.54, 1.807) is 36.5 Å². The van der Waals surface area contributed by atoms with Crippen LogP contribution in [0.15, 0.2) is 72.9 Å². The number of anilines is 1. The van der Waals surface area contributed by atoms with Crippen molar-refractivity contribution < 1.29 is 13.9 Å². The molecule has 0 unspecified atom stereocenters. The summed E-state index contributed by atoms with van der Waals surface area (Å²) in [7, 11) is 0. The molecule has 1 N–H and O–H groups in total. The summed E-state index contributed by atoms with van der Waals surface area (Å²) in [5.41, 5.74) is 4.05. The highest BCUT2D eigenvalue weighted by atomic mass is 35.5. The van der Waals surface area contributed by atoms with Crippen molar-refractivity contribution in [3.05, 3.63) is 112 Å². The van der Waals surface area contributed by atoms with E-state index in [0.29, 0.717) is 17.7 Å². The maximum atomic E-state index is 13.9. The van der Waals surface area contributed by atoms with E-state index in [1.807, 2.05) is 44.2 Å². The SMILES string of the molecule is Cc1cccc(C)c1OCc1ccc(C(=O)Nc2nn(Cc3ccccc3F)cc2Cl)cc1. The average Bonchev–Trinajstić information content (AvgIpc) is 3.14. The first-order chi connectivity index (χ1) is 15.9. The average molecular weight is 464 g/mol. The van der Waals surface area contributed by atoms with E-state index in [1.165, 1.54) is 10.7 Å². The molecule has 1 amide bonds. The number of aryl methyl sites for hydroxylation is 2. The van der Waals surface area contributed by atoms with Gasteiger partial charge in [-0.2, -0.15) is 5.10 Å². The van der Waals surface area contributed by atoms with Crippen molar-refractivity contribution in [2.75, 3.05) is 5.32 Å². The zero-order valence-corrected chi connectivity index (χ0v) is 19.1. The second-order valence-corrected chi connectivity index (χ2v) is 8.18. The lowest BCUT2D eigenvalue weighted by Crippen LogP contribution is -2.13. The van der Waals surface area contributed by atoms with Gasteiger partial charge in [-0.3, -0.25) is 9.48 Å². The standard InChI is InChI=1S/C26H23ClFN3O2/c1-17-6-5-7-18(2)24(17)33-16-19-10-12-20(13-11-19)26(32)29-25-22(27)15-31(30-25)14-21-8-3-4-9-23(21)28/h3-13,15H,14,16H2,1-2H3,(H,29,30,32). The second-order valence-electron chi connectivity index (χ2n) is 7.78. The Hall–Kier alpha value is -3.64. The number of benzene rings is 3. The maximum Gasteiger partial charge on any atom is 0.256 e. The fourth-order valence-corrected chi connectivity index (χ4v) is 3.68. The van der Waals surface area contributed by atoms with Crippen LogP contribution in [-0.2, 0) is 13.2 Å². The van der Waals surface area contributed by atoms with Gasteiger partial charge in [0, 0.05) is 17.3 Å². The van der Waals surface area contributed by atoms with Gasteiger partial charge < -0.3 is 10.1 Å². The lowest BCUT2D eigenvalue weighted by Gasteiger charge is -2.12. The number of aromatic nitrogens is 2. The number of para-hydroxylation sites is 1. The van der Waals surface area contributed by atoms with E-state index in [2.05, 4.69) is 10.4 Å². The summed E-state index contributed by atoms with van der Waals surface area (Å²) in [6.07, 6.45) is 1.55. The summed E-state index contributed by atoms with van der Waals surface area (Å²) in [6, 6.07) is 19.6. The fraction of sp³-hybridized carbons (Fsp3) is 0.154. The molecule has 3 aromatic carbocycles. The van der Waals surface area contributed by atoms with Crippen LogP contribution < -0.4 is 10.1 Å². The highest BCUT2D eigenvalue weighted by Crippen LogP contribution is 2.24. The van der Waals surface area contributed by atoms with Crippen molar-refractivity contribution in [3.63, 3.8) is 0 Å². The van der Waals surface area contributed by atoms with Crippen LogP contribution >= 0.6 is 11.6 Å². The van der Waals surface area contributed by atoms with Gasteiger partial charge in [0.2, 0.25) is 0 Å². The van der Waals surface area contributed by atoms with Crippen molar-refractivity contribution in [2.45, 2.75) is 27.0 Å². The van der Waals surface area contributed by atoms with Gasteiger partial charge in [0.25, 0.3) is 5.91 Å². The van der Waals surface area contributed by atoms with E-state index in [9.17, 15) is 9.18 Å². The number of amides is 1. The zero-order valence-electron chi connectivity index (χ0n) is 18.3. The van der Waals surface area contributed by atoms with Gasteiger partial charge in [-0.1, -0.05) is 60.1 Å². The van der Waals surface area contributed by atoms with Crippen molar-refractivity contribution in [1.82, 2.24) is 9.78 Å². The van der Waals surface area contributed by atoms with E-state index < -0.39 is 0 Å². The number of hydrogen-bond donors (Lipinski definition) is 1. The molecule has 1 aromatic heterocycles. The van der Waals surface area contributed by atoms with Gasteiger partial charge >= 0.3 is 0 Å². The Labute approximate surface area is 196 Å².